The van der Waals surface area contributed by atoms with Gasteiger partial charge in [0.2, 0.25) is 0 Å². The van der Waals surface area contributed by atoms with Crippen LogP contribution in [0.3, 0.4) is 0 Å². The lowest BCUT2D eigenvalue weighted by molar-refractivity contribution is -0.159. The molecule has 2 rings (SSSR count). The second-order valence-electron chi connectivity index (χ2n) is 4.39. The smallest absolute Gasteiger partial charge is 0.165 e. The van der Waals surface area contributed by atoms with E-state index in [-0.39, 0.29) is 11.6 Å². The van der Waals surface area contributed by atoms with Gasteiger partial charge < -0.3 is 5.11 Å². The molecule has 0 aliphatic heterocycles. The van der Waals surface area contributed by atoms with Crippen LogP contribution in [0.1, 0.15) is 39.0 Å². The van der Waals surface area contributed by atoms with E-state index in [1.807, 2.05) is 0 Å². The molecule has 0 aromatic heterocycles. The molecule has 2 aliphatic rings. The molecule has 3 heteroatoms. The lowest BCUT2D eigenvalue weighted by Gasteiger charge is -2.40. The highest BCUT2D eigenvalue weighted by Crippen LogP contribution is 2.50. The van der Waals surface area contributed by atoms with Crippen LogP contribution in [0, 0.1) is 5.41 Å². The normalized spacial score (nSPS) is 45.1. The summed E-state index contributed by atoms with van der Waals surface area (Å²) in [4.78, 5) is 23.1. The Morgan fingerprint density at radius 2 is 1.85 bits per heavy atom. The summed E-state index contributed by atoms with van der Waals surface area (Å²) in [6.07, 6.45) is 2.52. The van der Waals surface area contributed by atoms with Crippen LogP contribution in [-0.2, 0) is 9.59 Å². The maximum atomic E-state index is 11.6. The van der Waals surface area contributed by atoms with Crippen molar-refractivity contribution in [2.75, 3.05) is 0 Å². The molecular weight excluding hydrogens is 168 g/mol. The fourth-order valence-corrected chi connectivity index (χ4v) is 2.65. The van der Waals surface area contributed by atoms with Crippen LogP contribution in [0.25, 0.3) is 0 Å². The third kappa shape index (κ3) is 0.881. The first-order valence-electron chi connectivity index (χ1n) is 4.80. The maximum absolute atomic E-state index is 11.6. The van der Waals surface area contributed by atoms with Crippen LogP contribution in [-0.4, -0.2) is 22.3 Å². The topological polar surface area (TPSA) is 54.4 Å². The minimum absolute atomic E-state index is 0.0621. The average molecular weight is 182 g/mol. The zero-order chi connectivity index (χ0) is 9.69. The van der Waals surface area contributed by atoms with Crippen molar-refractivity contribution < 1.29 is 14.7 Å². The van der Waals surface area contributed by atoms with Gasteiger partial charge in [0.15, 0.2) is 5.78 Å². The second-order valence-corrected chi connectivity index (χ2v) is 4.39. The van der Waals surface area contributed by atoms with E-state index in [4.69, 9.17) is 0 Å². The van der Waals surface area contributed by atoms with Crippen LogP contribution in [0.15, 0.2) is 0 Å². The summed E-state index contributed by atoms with van der Waals surface area (Å²) in [5.74, 6) is -0.0739. The summed E-state index contributed by atoms with van der Waals surface area (Å²) >= 11 is 0. The molecule has 0 spiro atoms. The lowest BCUT2D eigenvalue weighted by Crippen LogP contribution is -2.53. The number of hydrogen-bond acceptors (Lipinski definition) is 3. The molecule has 13 heavy (non-hydrogen) atoms. The summed E-state index contributed by atoms with van der Waals surface area (Å²) in [6, 6.07) is 0. The Morgan fingerprint density at radius 3 is 2.46 bits per heavy atom. The molecule has 2 unspecified atom stereocenters. The SMILES string of the molecule is CC12CCC(=O)C1(O)CCCC2=O. The van der Waals surface area contributed by atoms with Crippen LogP contribution in [0.2, 0.25) is 0 Å². The number of aliphatic hydroxyl groups is 1. The Labute approximate surface area is 77.1 Å². The van der Waals surface area contributed by atoms with E-state index in [1.54, 1.807) is 6.92 Å². The quantitative estimate of drug-likeness (QED) is 0.604. The monoisotopic (exact) mass is 182 g/mol. The fourth-order valence-electron chi connectivity index (χ4n) is 2.65. The van der Waals surface area contributed by atoms with Crippen molar-refractivity contribution in [3.8, 4) is 0 Å². The molecule has 2 aliphatic carbocycles. The summed E-state index contributed by atoms with van der Waals surface area (Å²) in [5.41, 5.74) is -2.11. The molecule has 0 radical (unpaired) electrons. The third-order valence-electron chi connectivity index (χ3n) is 3.78. The largest absolute Gasteiger partial charge is 0.381 e. The van der Waals surface area contributed by atoms with Crippen molar-refractivity contribution in [3.05, 3.63) is 0 Å². The molecule has 0 aromatic rings. The molecule has 0 heterocycles. The van der Waals surface area contributed by atoms with E-state index < -0.39 is 11.0 Å². The summed E-state index contributed by atoms with van der Waals surface area (Å²) < 4.78 is 0. The maximum Gasteiger partial charge on any atom is 0.165 e. The van der Waals surface area contributed by atoms with Gasteiger partial charge in [0.25, 0.3) is 0 Å². The first-order chi connectivity index (χ1) is 6.01. The Bertz CT molecular complexity index is 282. The lowest BCUT2D eigenvalue weighted by atomic mass is 9.65. The number of rotatable bonds is 0. The highest BCUT2D eigenvalue weighted by molar-refractivity contribution is 6.01. The highest BCUT2D eigenvalue weighted by atomic mass is 16.3. The van der Waals surface area contributed by atoms with Gasteiger partial charge in [-0.15, -0.1) is 0 Å². The molecule has 2 saturated carbocycles. The molecule has 0 saturated heterocycles. The van der Waals surface area contributed by atoms with E-state index in [1.165, 1.54) is 0 Å². The third-order valence-corrected chi connectivity index (χ3v) is 3.78. The number of hydrogen-bond donors (Lipinski definition) is 1. The fraction of sp³-hybridized carbons (Fsp3) is 0.800. The predicted octanol–water partition coefficient (Wildman–Crippen LogP) is 0.840. The number of carbonyl (C=O) groups is 2. The first-order valence-corrected chi connectivity index (χ1v) is 4.80. The van der Waals surface area contributed by atoms with E-state index >= 15 is 0 Å². The molecule has 72 valence electrons. The second kappa shape index (κ2) is 2.41. The van der Waals surface area contributed by atoms with Gasteiger partial charge in [0, 0.05) is 12.8 Å². The van der Waals surface area contributed by atoms with Crippen molar-refractivity contribution in [3.63, 3.8) is 0 Å². The van der Waals surface area contributed by atoms with Gasteiger partial charge in [0.1, 0.15) is 11.4 Å². The Hall–Kier alpha value is -0.700. The van der Waals surface area contributed by atoms with E-state index in [9.17, 15) is 14.7 Å². The van der Waals surface area contributed by atoms with E-state index in [2.05, 4.69) is 0 Å². The Balaban J connectivity index is 2.46. The average Bonchev–Trinajstić information content (AvgIpc) is 2.31. The zero-order valence-corrected chi connectivity index (χ0v) is 7.80. The molecule has 1 N–H and O–H groups in total. The van der Waals surface area contributed by atoms with Gasteiger partial charge in [-0.1, -0.05) is 0 Å². The van der Waals surface area contributed by atoms with Gasteiger partial charge >= 0.3 is 0 Å². The van der Waals surface area contributed by atoms with E-state index in [0.717, 1.165) is 0 Å². The molecular formula is C10H14O3. The molecule has 2 fully saturated rings. The van der Waals surface area contributed by atoms with Gasteiger partial charge in [0.05, 0.1) is 5.41 Å². The van der Waals surface area contributed by atoms with Crippen LogP contribution < -0.4 is 0 Å². The summed E-state index contributed by atoms with van der Waals surface area (Å²) in [6.45, 7) is 1.74. The van der Waals surface area contributed by atoms with Crippen LogP contribution >= 0.6 is 0 Å². The number of fused-ring (bicyclic) bond motifs is 1. The van der Waals surface area contributed by atoms with Crippen LogP contribution in [0.4, 0.5) is 0 Å². The highest BCUT2D eigenvalue weighted by Gasteiger charge is 2.61. The number of carbonyl (C=O) groups excluding carboxylic acids is 2. The van der Waals surface area contributed by atoms with Crippen molar-refractivity contribution in [1.29, 1.82) is 0 Å². The molecule has 0 aromatic carbocycles. The van der Waals surface area contributed by atoms with Crippen molar-refractivity contribution in [2.45, 2.75) is 44.6 Å². The molecule has 2 atom stereocenters. The van der Waals surface area contributed by atoms with E-state index in [0.29, 0.717) is 32.1 Å². The standard InChI is InChI=1S/C10H14O3/c1-9-6-4-8(12)10(9,13)5-2-3-7(9)11/h13H,2-6H2,1H3. The number of Topliss-reactive ketones (excluding diaryl/α,β-unsaturated/α-hetero) is 2. The van der Waals surface area contributed by atoms with Gasteiger partial charge in [-0.05, 0) is 26.2 Å². The van der Waals surface area contributed by atoms with Gasteiger partial charge in [-0.25, -0.2) is 0 Å². The van der Waals surface area contributed by atoms with Crippen LogP contribution in [0.5, 0.6) is 0 Å². The predicted molar refractivity (Wildman–Crippen MR) is 46.2 cm³/mol. The van der Waals surface area contributed by atoms with Crippen molar-refractivity contribution in [1.82, 2.24) is 0 Å². The Morgan fingerprint density at radius 1 is 1.15 bits per heavy atom. The molecule has 3 nitrogen and oxygen atoms in total. The molecule has 0 amide bonds. The first kappa shape index (κ1) is 8.88. The zero-order valence-electron chi connectivity index (χ0n) is 7.80. The van der Waals surface area contributed by atoms with Crippen molar-refractivity contribution in [2.24, 2.45) is 5.41 Å². The summed E-state index contributed by atoms with van der Waals surface area (Å²) in [5, 5.41) is 10.1. The van der Waals surface area contributed by atoms with Crippen molar-refractivity contribution >= 4 is 11.6 Å². The minimum atomic E-state index is -1.33. The van der Waals surface area contributed by atoms with Gasteiger partial charge in [-0.2, -0.15) is 0 Å². The Kier molecular flexibility index (Phi) is 1.65. The van der Waals surface area contributed by atoms with Gasteiger partial charge in [-0.3, -0.25) is 9.59 Å². The number of ketones is 2. The molecule has 0 bridgehead atoms. The minimum Gasteiger partial charge on any atom is -0.381 e. The summed E-state index contributed by atoms with van der Waals surface area (Å²) in [7, 11) is 0.